The normalized spacial score (nSPS) is 14.2. The van der Waals surface area contributed by atoms with Gasteiger partial charge in [-0.1, -0.05) is 42.1 Å². The number of benzene rings is 1. The van der Waals surface area contributed by atoms with E-state index in [0.29, 0.717) is 17.7 Å². The highest BCUT2D eigenvalue weighted by atomic mass is 32.2. The molecule has 1 aromatic carbocycles. The lowest BCUT2D eigenvalue weighted by molar-refractivity contribution is 0.108. The Kier molecular flexibility index (Phi) is 6.86. The van der Waals surface area contributed by atoms with Gasteiger partial charge in [-0.05, 0) is 12.8 Å². The standard InChI is InChI=1S/C13H15F3OS/c14-9-12(16)11(15)7-4-8-18-13(17)10-5-2-1-3-6-10/h1-3,5-6,11-12H,4,7-9H2. The second-order valence-corrected chi connectivity index (χ2v) is 4.90. The molecule has 0 aliphatic carbocycles. The Labute approximate surface area is 109 Å². The second-order valence-electron chi connectivity index (χ2n) is 3.83. The zero-order valence-corrected chi connectivity index (χ0v) is 10.6. The van der Waals surface area contributed by atoms with Crippen LogP contribution in [0.2, 0.25) is 0 Å². The molecule has 2 unspecified atom stereocenters. The quantitative estimate of drug-likeness (QED) is 0.701. The lowest BCUT2D eigenvalue weighted by Crippen LogP contribution is -2.19. The maximum Gasteiger partial charge on any atom is 0.219 e. The Hall–Kier alpha value is -0.970. The summed E-state index contributed by atoms with van der Waals surface area (Å²) in [6, 6.07) is 8.75. The summed E-state index contributed by atoms with van der Waals surface area (Å²) in [4.78, 5) is 11.6. The van der Waals surface area contributed by atoms with E-state index in [-0.39, 0.29) is 11.5 Å². The molecule has 0 aliphatic heterocycles. The Morgan fingerprint density at radius 3 is 2.44 bits per heavy atom. The van der Waals surface area contributed by atoms with Crippen LogP contribution in [0, 0.1) is 0 Å². The van der Waals surface area contributed by atoms with Crippen molar-refractivity contribution in [3.63, 3.8) is 0 Å². The zero-order chi connectivity index (χ0) is 13.4. The fourth-order valence-electron chi connectivity index (χ4n) is 1.38. The smallest absolute Gasteiger partial charge is 0.219 e. The van der Waals surface area contributed by atoms with Crippen molar-refractivity contribution in [1.29, 1.82) is 0 Å². The van der Waals surface area contributed by atoms with Crippen LogP contribution in [0.4, 0.5) is 13.2 Å². The van der Waals surface area contributed by atoms with Gasteiger partial charge in [-0.2, -0.15) is 0 Å². The summed E-state index contributed by atoms with van der Waals surface area (Å²) in [7, 11) is 0. The summed E-state index contributed by atoms with van der Waals surface area (Å²) < 4.78 is 37.3. The molecule has 1 nitrogen and oxygen atoms in total. The highest BCUT2D eigenvalue weighted by Gasteiger charge is 2.19. The van der Waals surface area contributed by atoms with Gasteiger partial charge in [-0.3, -0.25) is 4.79 Å². The van der Waals surface area contributed by atoms with Crippen molar-refractivity contribution in [2.45, 2.75) is 25.2 Å². The minimum absolute atomic E-state index is 0.0554. The van der Waals surface area contributed by atoms with E-state index >= 15 is 0 Å². The van der Waals surface area contributed by atoms with Gasteiger partial charge in [-0.25, -0.2) is 13.2 Å². The van der Waals surface area contributed by atoms with E-state index in [2.05, 4.69) is 0 Å². The Morgan fingerprint density at radius 2 is 1.83 bits per heavy atom. The van der Waals surface area contributed by atoms with Crippen LogP contribution in [0.15, 0.2) is 30.3 Å². The van der Waals surface area contributed by atoms with Crippen LogP contribution in [0.25, 0.3) is 0 Å². The van der Waals surface area contributed by atoms with Gasteiger partial charge in [0.25, 0.3) is 0 Å². The molecule has 0 spiro atoms. The highest BCUT2D eigenvalue weighted by molar-refractivity contribution is 8.14. The average Bonchev–Trinajstić information content (AvgIpc) is 2.43. The predicted molar refractivity (Wildman–Crippen MR) is 68.2 cm³/mol. The van der Waals surface area contributed by atoms with Gasteiger partial charge in [0.15, 0.2) is 6.17 Å². The van der Waals surface area contributed by atoms with E-state index in [9.17, 15) is 18.0 Å². The molecule has 0 aromatic heterocycles. The van der Waals surface area contributed by atoms with Crippen molar-refractivity contribution in [3.8, 4) is 0 Å². The van der Waals surface area contributed by atoms with Crippen LogP contribution in [-0.4, -0.2) is 29.9 Å². The van der Waals surface area contributed by atoms with Crippen LogP contribution in [0.1, 0.15) is 23.2 Å². The number of thioether (sulfide) groups is 1. The molecular weight excluding hydrogens is 261 g/mol. The summed E-state index contributed by atoms with van der Waals surface area (Å²) in [5.41, 5.74) is 0.589. The van der Waals surface area contributed by atoms with Crippen LogP contribution in [-0.2, 0) is 0 Å². The second kappa shape index (κ2) is 8.19. The van der Waals surface area contributed by atoms with Crippen LogP contribution in [0.3, 0.4) is 0 Å². The van der Waals surface area contributed by atoms with Gasteiger partial charge in [0.2, 0.25) is 5.12 Å². The van der Waals surface area contributed by atoms with E-state index in [1.165, 1.54) is 0 Å². The van der Waals surface area contributed by atoms with Crippen molar-refractivity contribution in [3.05, 3.63) is 35.9 Å². The number of carbonyl (C=O) groups is 1. The number of halogens is 3. The number of rotatable bonds is 7. The lowest BCUT2D eigenvalue weighted by atomic mass is 10.1. The van der Waals surface area contributed by atoms with Crippen molar-refractivity contribution in [2.75, 3.05) is 12.4 Å². The molecule has 0 bridgehead atoms. The molecule has 0 fully saturated rings. The molecule has 1 rings (SSSR count). The molecule has 0 saturated heterocycles. The van der Waals surface area contributed by atoms with E-state index in [1.807, 2.05) is 6.07 Å². The fraction of sp³-hybridized carbons (Fsp3) is 0.462. The SMILES string of the molecule is O=C(SCCCC(F)C(F)CF)c1ccccc1. The van der Waals surface area contributed by atoms with E-state index in [4.69, 9.17) is 0 Å². The number of hydrogen-bond acceptors (Lipinski definition) is 2. The van der Waals surface area contributed by atoms with Gasteiger partial charge < -0.3 is 0 Å². The molecule has 100 valence electrons. The topological polar surface area (TPSA) is 17.1 Å². The summed E-state index contributed by atoms with van der Waals surface area (Å²) in [6.07, 6.45) is -3.52. The first-order chi connectivity index (χ1) is 8.65. The molecule has 1 aromatic rings. The van der Waals surface area contributed by atoms with Crippen molar-refractivity contribution >= 4 is 16.9 Å². The van der Waals surface area contributed by atoms with Gasteiger partial charge in [-0.15, -0.1) is 0 Å². The lowest BCUT2D eigenvalue weighted by Gasteiger charge is -2.09. The number of carbonyl (C=O) groups excluding carboxylic acids is 1. The summed E-state index contributed by atoms with van der Waals surface area (Å²) >= 11 is 1.07. The largest absolute Gasteiger partial charge is 0.282 e. The minimum atomic E-state index is -2.04. The Balaban J connectivity index is 2.21. The number of hydrogen-bond donors (Lipinski definition) is 0. The fourth-order valence-corrected chi connectivity index (χ4v) is 2.18. The first-order valence-corrected chi connectivity index (χ1v) is 6.70. The molecule has 2 atom stereocenters. The third-order valence-electron chi connectivity index (χ3n) is 2.41. The molecular formula is C13H15F3OS. The zero-order valence-electron chi connectivity index (χ0n) is 9.82. The first-order valence-electron chi connectivity index (χ1n) is 5.71. The van der Waals surface area contributed by atoms with Crippen molar-refractivity contribution < 1.29 is 18.0 Å². The molecule has 0 saturated carbocycles. The summed E-state index contributed by atoms with van der Waals surface area (Å²) in [5.74, 6) is 0.410. The maximum absolute atomic E-state index is 12.9. The summed E-state index contributed by atoms with van der Waals surface area (Å²) in [6.45, 7) is -1.29. The Bertz CT molecular complexity index is 359. The average molecular weight is 276 g/mol. The molecule has 0 radical (unpaired) electrons. The predicted octanol–water partition coefficient (Wildman–Crippen LogP) is 3.99. The van der Waals surface area contributed by atoms with Crippen LogP contribution >= 0.6 is 11.8 Å². The minimum Gasteiger partial charge on any atom is -0.282 e. The van der Waals surface area contributed by atoms with Gasteiger partial charge in [0, 0.05) is 11.3 Å². The molecule has 0 N–H and O–H groups in total. The van der Waals surface area contributed by atoms with Crippen LogP contribution in [0.5, 0.6) is 0 Å². The maximum atomic E-state index is 12.9. The van der Waals surface area contributed by atoms with Crippen molar-refractivity contribution in [2.24, 2.45) is 0 Å². The van der Waals surface area contributed by atoms with E-state index in [0.717, 1.165) is 11.8 Å². The molecule has 0 heterocycles. The van der Waals surface area contributed by atoms with Crippen LogP contribution < -0.4 is 0 Å². The monoisotopic (exact) mass is 276 g/mol. The molecule has 5 heteroatoms. The molecule has 0 aliphatic rings. The van der Waals surface area contributed by atoms with E-state index in [1.54, 1.807) is 24.3 Å². The Morgan fingerprint density at radius 1 is 1.17 bits per heavy atom. The van der Waals surface area contributed by atoms with Gasteiger partial charge in [0.05, 0.1) is 0 Å². The first kappa shape index (κ1) is 15.1. The number of alkyl halides is 3. The van der Waals surface area contributed by atoms with Crippen molar-refractivity contribution in [1.82, 2.24) is 0 Å². The highest BCUT2D eigenvalue weighted by Crippen LogP contribution is 2.17. The molecule has 0 amide bonds. The van der Waals surface area contributed by atoms with Gasteiger partial charge in [0.1, 0.15) is 12.8 Å². The third kappa shape index (κ3) is 5.12. The summed E-state index contributed by atoms with van der Waals surface area (Å²) in [5, 5.41) is -0.0895. The van der Waals surface area contributed by atoms with Gasteiger partial charge >= 0.3 is 0 Å². The van der Waals surface area contributed by atoms with E-state index < -0.39 is 19.0 Å². The molecule has 18 heavy (non-hydrogen) atoms. The third-order valence-corrected chi connectivity index (χ3v) is 3.40.